The van der Waals surface area contributed by atoms with E-state index in [0.29, 0.717) is 6.42 Å². The SMILES string of the molecule is C=C(Cl)CC(CCC(Br)=C(CCCC)CCCC)(C(=O)OCC)C(=O)OCC. The fourth-order valence-corrected chi connectivity index (χ4v) is 3.89. The number of unbranched alkanes of at least 4 members (excludes halogenated alkanes) is 2. The minimum absolute atomic E-state index is 0.00571. The molecular formula is C22H36BrClO4. The monoisotopic (exact) mass is 478 g/mol. The van der Waals surface area contributed by atoms with Crippen molar-refractivity contribution < 1.29 is 19.1 Å². The third-order valence-corrected chi connectivity index (χ3v) is 5.74. The van der Waals surface area contributed by atoms with Crippen LogP contribution in [-0.2, 0) is 19.1 Å². The summed E-state index contributed by atoms with van der Waals surface area (Å²) in [6.45, 7) is 11.8. The molecule has 0 amide bonds. The van der Waals surface area contributed by atoms with Crippen LogP contribution in [0.1, 0.15) is 85.5 Å². The van der Waals surface area contributed by atoms with Crippen LogP contribution in [0, 0.1) is 5.41 Å². The van der Waals surface area contributed by atoms with Gasteiger partial charge < -0.3 is 9.47 Å². The van der Waals surface area contributed by atoms with Crippen molar-refractivity contribution in [2.45, 2.75) is 85.5 Å². The summed E-state index contributed by atoms with van der Waals surface area (Å²) in [5.41, 5.74) is -0.111. The van der Waals surface area contributed by atoms with Crippen molar-refractivity contribution in [3.05, 3.63) is 21.7 Å². The molecule has 0 unspecified atom stereocenters. The maximum atomic E-state index is 12.8. The highest BCUT2D eigenvalue weighted by Crippen LogP contribution is 2.39. The molecule has 0 saturated heterocycles. The van der Waals surface area contributed by atoms with E-state index < -0.39 is 17.4 Å². The molecule has 4 nitrogen and oxygen atoms in total. The smallest absolute Gasteiger partial charge is 0.323 e. The Morgan fingerprint density at radius 2 is 1.39 bits per heavy atom. The minimum atomic E-state index is -1.47. The lowest BCUT2D eigenvalue weighted by Crippen LogP contribution is -2.42. The molecule has 0 aliphatic heterocycles. The number of hydrogen-bond donors (Lipinski definition) is 0. The summed E-state index contributed by atoms with van der Waals surface area (Å²) in [6, 6.07) is 0. The zero-order chi connectivity index (χ0) is 21.6. The Labute approximate surface area is 184 Å². The number of carbonyl (C=O) groups excluding carboxylic acids is 2. The fraction of sp³-hybridized carbons (Fsp3) is 0.727. The highest BCUT2D eigenvalue weighted by atomic mass is 79.9. The zero-order valence-electron chi connectivity index (χ0n) is 17.9. The van der Waals surface area contributed by atoms with Crippen LogP contribution in [-0.4, -0.2) is 25.2 Å². The molecule has 0 aromatic heterocycles. The normalized spacial score (nSPS) is 11.1. The number of ether oxygens (including phenoxy) is 2. The van der Waals surface area contributed by atoms with E-state index in [1.54, 1.807) is 13.8 Å². The average Bonchev–Trinajstić information content (AvgIpc) is 2.65. The van der Waals surface area contributed by atoms with Gasteiger partial charge in [0, 0.05) is 11.5 Å². The summed E-state index contributed by atoms with van der Waals surface area (Å²) in [7, 11) is 0. The van der Waals surface area contributed by atoms with Gasteiger partial charge in [-0.05, 0) is 56.9 Å². The number of carbonyl (C=O) groups is 2. The minimum Gasteiger partial charge on any atom is -0.465 e. The quantitative estimate of drug-likeness (QED) is 0.186. The second-order valence-electron chi connectivity index (χ2n) is 6.93. The Hall–Kier alpha value is -0.810. The van der Waals surface area contributed by atoms with E-state index in [4.69, 9.17) is 21.1 Å². The van der Waals surface area contributed by atoms with Crippen molar-refractivity contribution in [2.24, 2.45) is 5.41 Å². The van der Waals surface area contributed by atoms with Gasteiger partial charge in [-0.25, -0.2) is 0 Å². The molecule has 0 aromatic rings. The second kappa shape index (κ2) is 15.1. The maximum Gasteiger partial charge on any atom is 0.323 e. The van der Waals surface area contributed by atoms with Gasteiger partial charge in [0.05, 0.1) is 13.2 Å². The van der Waals surface area contributed by atoms with Crippen molar-refractivity contribution in [1.82, 2.24) is 0 Å². The molecule has 28 heavy (non-hydrogen) atoms. The largest absolute Gasteiger partial charge is 0.465 e. The number of hydrogen-bond acceptors (Lipinski definition) is 4. The molecule has 0 atom stereocenters. The van der Waals surface area contributed by atoms with Crippen LogP contribution in [0.3, 0.4) is 0 Å². The molecule has 0 aliphatic rings. The molecule has 6 heteroatoms. The van der Waals surface area contributed by atoms with Crippen molar-refractivity contribution in [2.75, 3.05) is 13.2 Å². The first-order chi connectivity index (χ1) is 13.3. The average molecular weight is 480 g/mol. The van der Waals surface area contributed by atoms with Crippen LogP contribution in [0.25, 0.3) is 0 Å². The standard InChI is InChI=1S/C22H36BrClO4/c1-6-10-12-18(13-11-7-2)19(23)14-15-22(16-17(5)24,20(25)27-8-3)21(26)28-9-4/h5-16H2,1-4H3. The van der Waals surface area contributed by atoms with Gasteiger partial charge in [0.1, 0.15) is 0 Å². The van der Waals surface area contributed by atoms with Crippen molar-refractivity contribution in [3.63, 3.8) is 0 Å². The van der Waals surface area contributed by atoms with E-state index >= 15 is 0 Å². The van der Waals surface area contributed by atoms with Crippen LogP contribution in [0.2, 0.25) is 0 Å². The molecule has 0 fully saturated rings. The lowest BCUT2D eigenvalue weighted by molar-refractivity contribution is -0.172. The van der Waals surface area contributed by atoms with Crippen molar-refractivity contribution in [3.8, 4) is 0 Å². The van der Waals surface area contributed by atoms with Crippen LogP contribution in [0.4, 0.5) is 0 Å². The number of allylic oxidation sites excluding steroid dienone is 3. The summed E-state index contributed by atoms with van der Waals surface area (Å²) < 4.78 is 11.5. The van der Waals surface area contributed by atoms with Gasteiger partial charge in [-0.1, -0.05) is 66.4 Å². The van der Waals surface area contributed by atoms with Gasteiger partial charge in [0.15, 0.2) is 5.41 Å². The van der Waals surface area contributed by atoms with E-state index in [-0.39, 0.29) is 31.1 Å². The molecular weight excluding hydrogens is 444 g/mol. The fourth-order valence-electron chi connectivity index (χ4n) is 3.06. The second-order valence-corrected chi connectivity index (χ2v) is 8.42. The first-order valence-electron chi connectivity index (χ1n) is 10.3. The lowest BCUT2D eigenvalue weighted by atomic mass is 9.79. The molecule has 0 rings (SSSR count). The van der Waals surface area contributed by atoms with Crippen LogP contribution in [0.15, 0.2) is 21.7 Å². The Kier molecular flexibility index (Phi) is 14.6. The molecule has 0 bridgehead atoms. The zero-order valence-corrected chi connectivity index (χ0v) is 20.2. The summed E-state index contributed by atoms with van der Waals surface area (Å²) in [5, 5.41) is 0.235. The Morgan fingerprint density at radius 3 is 1.75 bits per heavy atom. The van der Waals surface area contributed by atoms with E-state index in [2.05, 4.69) is 36.4 Å². The summed E-state index contributed by atoms with van der Waals surface area (Å²) in [4.78, 5) is 25.6. The van der Waals surface area contributed by atoms with E-state index in [9.17, 15) is 9.59 Å². The first kappa shape index (κ1) is 27.2. The van der Waals surface area contributed by atoms with Gasteiger partial charge in [0.25, 0.3) is 0 Å². The van der Waals surface area contributed by atoms with Gasteiger partial charge >= 0.3 is 11.9 Å². The number of rotatable bonds is 15. The first-order valence-corrected chi connectivity index (χ1v) is 11.5. The summed E-state index contributed by atoms with van der Waals surface area (Å²) in [6.07, 6.45) is 7.33. The van der Waals surface area contributed by atoms with Crippen LogP contribution in [0.5, 0.6) is 0 Å². The molecule has 0 heterocycles. The molecule has 0 aliphatic carbocycles. The van der Waals surface area contributed by atoms with Crippen molar-refractivity contribution >= 4 is 39.5 Å². The molecule has 0 N–H and O–H groups in total. The topological polar surface area (TPSA) is 52.6 Å². The van der Waals surface area contributed by atoms with Gasteiger partial charge in [-0.3, -0.25) is 9.59 Å². The Morgan fingerprint density at radius 1 is 0.929 bits per heavy atom. The molecule has 0 saturated carbocycles. The van der Waals surface area contributed by atoms with Gasteiger partial charge in [0.2, 0.25) is 0 Å². The number of halogens is 2. The molecule has 162 valence electrons. The van der Waals surface area contributed by atoms with E-state index in [1.165, 1.54) is 5.57 Å². The predicted octanol–water partition coefficient (Wildman–Crippen LogP) is 7.05. The van der Waals surface area contributed by atoms with E-state index in [0.717, 1.165) is 43.0 Å². The third kappa shape index (κ3) is 9.13. The lowest BCUT2D eigenvalue weighted by Gasteiger charge is -2.29. The Balaban J connectivity index is 5.75. The van der Waals surface area contributed by atoms with Crippen LogP contribution >= 0.6 is 27.5 Å². The van der Waals surface area contributed by atoms with Crippen molar-refractivity contribution in [1.29, 1.82) is 0 Å². The van der Waals surface area contributed by atoms with Gasteiger partial charge in [-0.15, -0.1) is 0 Å². The Bertz CT molecular complexity index is 515. The third-order valence-electron chi connectivity index (χ3n) is 4.65. The predicted molar refractivity (Wildman–Crippen MR) is 120 cm³/mol. The van der Waals surface area contributed by atoms with E-state index in [1.807, 2.05) is 0 Å². The van der Waals surface area contributed by atoms with Gasteiger partial charge in [-0.2, -0.15) is 0 Å². The summed E-state index contributed by atoms with van der Waals surface area (Å²) >= 11 is 9.75. The van der Waals surface area contributed by atoms with Crippen LogP contribution < -0.4 is 0 Å². The maximum absolute atomic E-state index is 12.8. The summed E-state index contributed by atoms with van der Waals surface area (Å²) in [5.74, 6) is -1.20. The molecule has 0 spiro atoms. The number of esters is 2. The highest BCUT2D eigenvalue weighted by Gasteiger charge is 2.48. The molecule has 0 radical (unpaired) electrons. The highest BCUT2D eigenvalue weighted by molar-refractivity contribution is 9.11. The molecule has 0 aromatic carbocycles.